The molecule has 1 aromatic carbocycles. The lowest BCUT2D eigenvalue weighted by molar-refractivity contribution is 0.0923. The molecule has 2 aromatic rings. The van der Waals surface area contributed by atoms with Crippen LogP contribution in [0.2, 0.25) is 5.02 Å². The lowest BCUT2D eigenvalue weighted by Gasteiger charge is -2.24. The molecule has 6 heteroatoms. The van der Waals surface area contributed by atoms with Crippen molar-refractivity contribution in [3.63, 3.8) is 0 Å². The molecule has 1 aliphatic heterocycles. The van der Waals surface area contributed by atoms with Gasteiger partial charge < -0.3 is 9.88 Å². The summed E-state index contributed by atoms with van der Waals surface area (Å²) in [6.45, 7) is 0.656. The van der Waals surface area contributed by atoms with E-state index in [2.05, 4.69) is 10.3 Å². The van der Waals surface area contributed by atoms with Gasteiger partial charge in [-0.15, -0.1) is 0 Å². The van der Waals surface area contributed by atoms with Gasteiger partial charge >= 0.3 is 0 Å². The SMILES string of the molecule is O=C(N[C@@H]1CCc2nccn2C1)c1cc(Cl)ccc1F. The van der Waals surface area contributed by atoms with Crippen LogP contribution in [-0.4, -0.2) is 21.5 Å². The van der Waals surface area contributed by atoms with E-state index in [1.165, 1.54) is 18.2 Å². The van der Waals surface area contributed by atoms with Gasteiger partial charge in [-0.25, -0.2) is 9.37 Å². The Morgan fingerprint density at radius 2 is 2.35 bits per heavy atom. The number of aromatic nitrogens is 2. The molecule has 1 atom stereocenters. The lowest BCUT2D eigenvalue weighted by atomic mass is 10.1. The second-order valence-electron chi connectivity index (χ2n) is 4.83. The molecule has 1 amide bonds. The van der Waals surface area contributed by atoms with E-state index in [0.717, 1.165) is 18.7 Å². The normalized spacial score (nSPS) is 17.6. The highest BCUT2D eigenvalue weighted by Gasteiger charge is 2.22. The van der Waals surface area contributed by atoms with Gasteiger partial charge in [0.2, 0.25) is 0 Å². The fourth-order valence-corrected chi connectivity index (χ4v) is 2.59. The predicted molar refractivity (Wildman–Crippen MR) is 73.2 cm³/mol. The Morgan fingerprint density at radius 3 is 3.20 bits per heavy atom. The molecule has 20 heavy (non-hydrogen) atoms. The number of imidazole rings is 1. The maximum absolute atomic E-state index is 13.6. The van der Waals surface area contributed by atoms with E-state index in [-0.39, 0.29) is 11.6 Å². The standard InChI is InChI=1S/C14H13ClFN3O/c15-9-1-3-12(16)11(7-9)14(20)18-10-2-4-13-17-5-6-19(13)8-10/h1,3,5-7,10H,2,4,8H2,(H,18,20)/t10-/m1/s1. The number of aryl methyl sites for hydroxylation is 1. The molecule has 104 valence electrons. The maximum Gasteiger partial charge on any atom is 0.254 e. The second-order valence-corrected chi connectivity index (χ2v) is 5.27. The zero-order valence-corrected chi connectivity index (χ0v) is 11.4. The number of nitrogens with zero attached hydrogens (tertiary/aromatic N) is 2. The van der Waals surface area contributed by atoms with Gasteiger partial charge in [-0.1, -0.05) is 11.6 Å². The van der Waals surface area contributed by atoms with Gasteiger partial charge in [0, 0.05) is 36.4 Å². The number of halogens is 2. The lowest BCUT2D eigenvalue weighted by Crippen LogP contribution is -2.41. The summed E-state index contributed by atoms with van der Waals surface area (Å²) in [6.07, 6.45) is 5.23. The van der Waals surface area contributed by atoms with Gasteiger partial charge in [0.15, 0.2) is 0 Å². The zero-order valence-electron chi connectivity index (χ0n) is 10.6. The van der Waals surface area contributed by atoms with Crippen molar-refractivity contribution in [1.29, 1.82) is 0 Å². The average Bonchev–Trinajstić information content (AvgIpc) is 2.89. The number of benzene rings is 1. The number of hydrogen-bond donors (Lipinski definition) is 1. The molecule has 1 aromatic heterocycles. The molecule has 0 unspecified atom stereocenters. The molecule has 3 rings (SSSR count). The smallest absolute Gasteiger partial charge is 0.254 e. The topological polar surface area (TPSA) is 46.9 Å². The predicted octanol–water partition coefficient (Wildman–Crippen LogP) is 2.42. The summed E-state index contributed by atoms with van der Waals surface area (Å²) >= 11 is 5.80. The number of carbonyl (C=O) groups is 1. The van der Waals surface area contributed by atoms with E-state index >= 15 is 0 Å². The van der Waals surface area contributed by atoms with Crippen LogP contribution in [0.5, 0.6) is 0 Å². The first-order valence-corrected chi connectivity index (χ1v) is 6.77. The second kappa shape index (κ2) is 5.25. The average molecular weight is 294 g/mol. The Hall–Kier alpha value is -1.88. The highest BCUT2D eigenvalue weighted by Crippen LogP contribution is 2.17. The summed E-state index contributed by atoms with van der Waals surface area (Å²) in [5.74, 6) is 0.0222. The third kappa shape index (κ3) is 2.54. The Balaban J connectivity index is 1.72. The van der Waals surface area contributed by atoms with Crippen LogP contribution in [-0.2, 0) is 13.0 Å². The number of hydrogen-bond acceptors (Lipinski definition) is 2. The fourth-order valence-electron chi connectivity index (χ4n) is 2.42. The van der Waals surface area contributed by atoms with E-state index in [1.807, 2.05) is 10.8 Å². The Kier molecular flexibility index (Phi) is 3.44. The van der Waals surface area contributed by atoms with Crippen LogP contribution in [0, 0.1) is 5.82 Å². The van der Waals surface area contributed by atoms with Gasteiger partial charge in [-0.05, 0) is 24.6 Å². The summed E-state index contributed by atoms with van der Waals surface area (Å²) < 4.78 is 15.6. The van der Waals surface area contributed by atoms with Crippen molar-refractivity contribution in [2.45, 2.75) is 25.4 Å². The quantitative estimate of drug-likeness (QED) is 0.924. The largest absolute Gasteiger partial charge is 0.347 e. The van der Waals surface area contributed by atoms with Crippen molar-refractivity contribution in [3.05, 3.63) is 52.8 Å². The number of nitrogens with one attached hydrogen (secondary N) is 1. The van der Waals surface area contributed by atoms with E-state index < -0.39 is 11.7 Å². The van der Waals surface area contributed by atoms with Gasteiger partial charge in [0.1, 0.15) is 11.6 Å². The van der Waals surface area contributed by atoms with E-state index in [4.69, 9.17) is 11.6 Å². The molecule has 0 radical (unpaired) electrons. The molecular formula is C14H13ClFN3O. The molecule has 1 aliphatic rings. The van der Waals surface area contributed by atoms with Crippen molar-refractivity contribution in [2.24, 2.45) is 0 Å². The van der Waals surface area contributed by atoms with Crippen LogP contribution >= 0.6 is 11.6 Å². The first kappa shape index (κ1) is 13.1. The number of carbonyl (C=O) groups excluding carboxylic acids is 1. The van der Waals surface area contributed by atoms with Gasteiger partial charge in [-0.2, -0.15) is 0 Å². The maximum atomic E-state index is 13.6. The molecule has 0 spiro atoms. The van der Waals surface area contributed by atoms with Crippen LogP contribution in [0.15, 0.2) is 30.6 Å². The summed E-state index contributed by atoms with van der Waals surface area (Å²) in [7, 11) is 0. The van der Waals surface area contributed by atoms with Crippen LogP contribution < -0.4 is 5.32 Å². The van der Waals surface area contributed by atoms with Gasteiger partial charge in [0.05, 0.1) is 5.56 Å². The third-order valence-electron chi connectivity index (χ3n) is 3.44. The molecular weight excluding hydrogens is 281 g/mol. The number of rotatable bonds is 2. The minimum Gasteiger partial charge on any atom is -0.347 e. The molecule has 1 N–H and O–H groups in total. The van der Waals surface area contributed by atoms with Crippen LogP contribution in [0.25, 0.3) is 0 Å². The Morgan fingerprint density at radius 1 is 1.50 bits per heavy atom. The summed E-state index contributed by atoms with van der Waals surface area (Å²) in [4.78, 5) is 16.3. The molecule has 0 bridgehead atoms. The zero-order chi connectivity index (χ0) is 14.1. The highest BCUT2D eigenvalue weighted by atomic mass is 35.5. The van der Waals surface area contributed by atoms with Crippen LogP contribution in [0.3, 0.4) is 0 Å². The van der Waals surface area contributed by atoms with Crippen LogP contribution in [0.1, 0.15) is 22.6 Å². The summed E-state index contributed by atoms with van der Waals surface area (Å²) in [5.41, 5.74) is -0.0195. The molecule has 4 nitrogen and oxygen atoms in total. The van der Waals surface area contributed by atoms with E-state index in [9.17, 15) is 9.18 Å². The van der Waals surface area contributed by atoms with Crippen molar-refractivity contribution in [3.8, 4) is 0 Å². The molecule has 0 aliphatic carbocycles. The first-order valence-electron chi connectivity index (χ1n) is 6.39. The van der Waals surface area contributed by atoms with Crippen molar-refractivity contribution in [2.75, 3.05) is 0 Å². The molecule has 2 heterocycles. The van der Waals surface area contributed by atoms with E-state index in [1.54, 1.807) is 6.20 Å². The Labute approximate surface area is 120 Å². The summed E-state index contributed by atoms with van der Waals surface area (Å²) in [6, 6.07) is 3.94. The molecule has 0 saturated carbocycles. The van der Waals surface area contributed by atoms with Gasteiger partial charge in [-0.3, -0.25) is 4.79 Å². The van der Waals surface area contributed by atoms with E-state index in [0.29, 0.717) is 11.6 Å². The Bertz CT molecular complexity index is 656. The number of amides is 1. The fraction of sp³-hybridized carbons (Fsp3) is 0.286. The third-order valence-corrected chi connectivity index (χ3v) is 3.68. The highest BCUT2D eigenvalue weighted by molar-refractivity contribution is 6.31. The monoisotopic (exact) mass is 293 g/mol. The summed E-state index contributed by atoms with van der Waals surface area (Å²) in [5, 5.41) is 3.19. The number of fused-ring (bicyclic) bond motifs is 1. The molecule has 0 saturated heterocycles. The minimum atomic E-state index is -0.564. The first-order chi connectivity index (χ1) is 9.63. The van der Waals surface area contributed by atoms with Gasteiger partial charge in [0.25, 0.3) is 5.91 Å². The van der Waals surface area contributed by atoms with Crippen molar-refractivity contribution < 1.29 is 9.18 Å². The molecule has 0 fully saturated rings. The minimum absolute atomic E-state index is 0.0195. The van der Waals surface area contributed by atoms with Crippen molar-refractivity contribution >= 4 is 17.5 Å². The van der Waals surface area contributed by atoms with Crippen molar-refractivity contribution in [1.82, 2.24) is 14.9 Å². The van der Waals surface area contributed by atoms with Crippen LogP contribution in [0.4, 0.5) is 4.39 Å².